The van der Waals surface area contributed by atoms with Gasteiger partial charge in [-0.05, 0) is 48.6 Å². The minimum Gasteiger partial charge on any atom is -0.433 e. The lowest BCUT2D eigenvalue weighted by Gasteiger charge is -2.18. The molecule has 0 saturated carbocycles. The van der Waals surface area contributed by atoms with Gasteiger partial charge >= 0.3 is 6.11 Å². The number of halogens is 2. The molecule has 1 unspecified atom stereocenters. The van der Waals surface area contributed by atoms with Crippen LogP contribution in [0.1, 0.15) is 57.9 Å². The SMILES string of the molecule is CCC(F)(F)Oc1ccc(-c2cc(C(=O)[C@@H](C)C(C)CCO)nc(-c3cnn(CC(C)C)c3)n2)cc1. The summed E-state index contributed by atoms with van der Waals surface area (Å²) in [6, 6.07) is 7.77. The van der Waals surface area contributed by atoms with Gasteiger partial charge in [0.25, 0.3) is 0 Å². The molecule has 7 nitrogen and oxygen atoms in total. The van der Waals surface area contributed by atoms with E-state index in [-0.39, 0.29) is 35.7 Å². The van der Waals surface area contributed by atoms with E-state index in [1.807, 2.05) is 24.7 Å². The van der Waals surface area contributed by atoms with Crippen molar-refractivity contribution in [3.05, 3.63) is 48.4 Å². The molecule has 2 atom stereocenters. The average molecular weight is 501 g/mol. The van der Waals surface area contributed by atoms with Crippen molar-refractivity contribution in [2.75, 3.05) is 6.61 Å². The third-order valence-corrected chi connectivity index (χ3v) is 6.10. The van der Waals surface area contributed by atoms with Crippen LogP contribution in [-0.4, -0.2) is 43.4 Å². The van der Waals surface area contributed by atoms with Gasteiger partial charge in [-0.25, -0.2) is 9.97 Å². The van der Waals surface area contributed by atoms with E-state index in [0.717, 1.165) is 6.54 Å². The van der Waals surface area contributed by atoms with Crippen molar-refractivity contribution in [2.24, 2.45) is 17.8 Å². The van der Waals surface area contributed by atoms with Crippen LogP contribution in [-0.2, 0) is 6.54 Å². The first-order chi connectivity index (χ1) is 17.0. The van der Waals surface area contributed by atoms with Crippen molar-refractivity contribution < 1.29 is 23.4 Å². The summed E-state index contributed by atoms with van der Waals surface area (Å²) in [5.74, 6) is 0.247. The summed E-state index contributed by atoms with van der Waals surface area (Å²) in [7, 11) is 0. The molecule has 0 spiro atoms. The van der Waals surface area contributed by atoms with Crippen molar-refractivity contribution in [3.63, 3.8) is 0 Å². The van der Waals surface area contributed by atoms with Gasteiger partial charge in [0.15, 0.2) is 11.6 Å². The molecule has 9 heteroatoms. The number of ether oxygens (including phenoxy) is 1. The molecule has 194 valence electrons. The summed E-state index contributed by atoms with van der Waals surface area (Å²) >= 11 is 0. The van der Waals surface area contributed by atoms with Crippen LogP contribution < -0.4 is 4.74 Å². The zero-order chi connectivity index (χ0) is 26.5. The molecular weight excluding hydrogens is 466 g/mol. The molecule has 0 saturated heterocycles. The predicted molar refractivity (Wildman–Crippen MR) is 134 cm³/mol. The molecular formula is C27H34F2N4O3. The molecule has 3 aromatic rings. The van der Waals surface area contributed by atoms with Gasteiger partial charge in [0, 0.05) is 37.3 Å². The molecule has 0 amide bonds. The number of ketones is 1. The van der Waals surface area contributed by atoms with E-state index < -0.39 is 12.5 Å². The second-order valence-corrected chi connectivity index (χ2v) is 9.57. The Morgan fingerprint density at radius 1 is 1.11 bits per heavy atom. The molecule has 36 heavy (non-hydrogen) atoms. The Morgan fingerprint density at radius 3 is 2.42 bits per heavy atom. The second-order valence-electron chi connectivity index (χ2n) is 9.57. The maximum atomic E-state index is 13.6. The number of carbonyl (C=O) groups excluding carboxylic acids is 1. The van der Waals surface area contributed by atoms with E-state index in [1.165, 1.54) is 19.1 Å². The van der Waals surface area contributed by atoms with E-state index in [0.29, 0.717) is 35.0 Å². The Labute approximate surface area is 210 Å². The van der Waals surface area contributed by atoms with E-state index >= 15 is 0 Å². The van der Waals surface area contributed by atoms with Crippen LogP contribution in [0.5, 0.6) is 5.75 Å². The Morgan fingerprint density at radius 2 is 1.81 bits per heavy atom. The molecule has 0 aliphatic carbocycles. The van der Waals surface area contributed by atoms with Crippen LogP contribution in [0.4, 0.5) is 8.78 Å². The summed E-state index contributed by atoms with van der Waals surface area (Å²) in [5.41, 5.74) is 2.04. The van der Waals surface area contributed by atoms with Crippen molar-refractivity contribution in [2.45, 2.75) is 60.1 Å². The summed E-state index contributed by atoms with van der Waals surface area (Å²) in [6.07, 6.45) is 0.323. The fourth-order valence-corrected chi connectivity index (χ4v) is 3.69. The lowest BCUT2D eigenvalue weighted by atomic mass is 9.88. The number of rotatable bonds is 12. The van der Waals surface area contributed by atoms with E-state index in [9.17, 15) is 18.7 Å². The zero-order valence-electron chi connectivity index (χ0n) is 21.4. The molecule has 2 aromatic heterocycles. The van der Waals surface area contributed by atoms with Gasteiger partial charge in [0.2, 0.25) is 0 Å². The summed E-state index contributed by atoms with van der Waals surface area (Å²) in [5, 5.41) is 13.7. The fourth-order valence-electron chi connectivity index (χ4n) is 3.69. The van der Waals surface area contributed by atoms with Crippen LogP contribution in [0.25, 0.3) is 22.6 Å². The van der Waals surface area contributed by atoms with Crippen LogP contribution in [0.3, 0.4) is 0 Å². The molecule has 2 heterocycles. The minimum atomic E-state index is -3.25. The maximum absolute atomic E-state index is 13.6. The van der Waals surface area contributed by atoms with Crippen LogP contribution in [0, 0.1) is 17.8 Å². The molecule has 1 aromatic carbocycles. The topological polar surface area (TPSA) is 90.1 Å². The zero-order valence-corrected chi connectivity index (χ0v) is 21.4. The lowest BCUT2D eigenvalue weighted by Crippen LogP contribution is -2.23. The number of aromatic nitrogens is 4. The highest BCUT2D eigenvalue weighted by Gasteiger charge is 2.28. The number of hydrogen-bond donors (Lipinski definition) is 1. The Hall–Kier alpha value is -3.20. The molecule has 0 radical (unpaired) electrons. The third kappa shape index (κ3) is 6.94. The first-order valence-electron chi connectivity index (χ1n) is 12.3. The van der Waals surface area contributed by atoms with Gasteiger partial charge in [0.1, 0.15) is 11.4 Å². The fraction of sp³-hybridized carbons (Fsp3) is 0.481. The second kappa shape index (κ2) is 11.7. The third-order valence-electron chi connectivity index (χ3n) is 6.10. The number of aliphatic hydroxyl groups is 1. The highest BCUT2D eigenvalue weighted by molar-refractivity contribution is 5.97. The largest absolute Gasteiger partial charge is 0.433 e. The van der Waals surface area contributed by atoms with Crippen molar-refractivity contribution in [3.8, 4) is 28.4 Å². The number of alkyl halides is 2. The highest BCUT2D eigenvalue weighted by Crippen LogP contribution is 2.29. The van der Waals surface area contributed by atoms with Crippen molar-refractivity contribution >= 4 is 5.78 Å². The molecule has 0 aliphatic rings. The lowest BCUT2D eigenvalue weighted by molar-refractivity contribution is -0.177. The molecule has 0 aliphatic heterocycles. The van der Waals surface area contributed by atoms with Gasteiger partial charge < -0.3 is 9.84 Å². The van der Waals surface area contributed by atoms with Gasteiger partial charge in [-0.2, -0.15) is 13.9 Å². The van der Waals surface area contributed by atoms with Gasteiger partial charge in [-0.15, -0.1) is 0 Å². The first kappa shape index (κ1) is 27.4. The Kier molecular flexibility index (Phi) is 8.89. The highest BCUT2D eigenvalue weighted by atomic mass is 19.3. The molecule has 0 bridgehead atoms. The number of aliphatic hydroxyl groups excluding tert-OH is 1. The monoisotopic (exact) mass is 500 g/mol. The predicted octanol–water partition coefficient (Wildman–Crippen LogP) is 5.88. The number of carbonyl (C=O) groups is 1. The van der Waals surface area contributed by atoms with Crippen molar-refractivity contribution in [1.82, 2.24) is 19.7 Å². The summed E-state index contributed by atoms with van der Waals surface area (Å²) < 4.78 is 33.8. The van der Waals surface area contributed by atoms with E-state index in [2.05, 4.69) is 28.9 Å². The first-order valence-corrected chi connectivity index (χ1v) is 12.3. The number of Topliss-reactive ketones (excluding diaryl/α,β-unsaturated/α-hetero) is 1. The molecule has 0 fully saturated rings. The smallest absolute Gasteiger partial charge is 0.397 e. The standard InChI is InChI=1S/C27H34F2N4O3/c1-6-27(28,29)36-22-9-7-20(8-10-22)23-13-24(25(35)19(5)18(4)11-12-34)32-26(31-23)21-14-30-33(16-21)15-17(2)3/h7-10,13-14,16-19,34H,6,11-12,15H2,1-5H3/t18?,19-/m0/s1. The normalized spacial score (nSPS) is 13.6. The average Bonchev–Trinajstić information content (AvgIpc) is 3.31. The molecule has 1 N–H and O–H groups in total. The minimum absolute atomic E-state index is 0.000404. The van der Waals surface area contributed by atoms with E-state index in [4.69, 9.17) is 4.74 Å². The summed E-state index contributed by atoms with van der Waals surface area (Å²) in [6.45, 7) is 10.0. The van der Waals surface area contributed by atoms with Gasteiger partial charge in [-0.3, -0.25) is 9.48 Å². The van der Waals surface area contributed by atoms with Gasteiger partial charge in [0.05, 0.1) is 17.5 Å². The quantitative estimate of drug-likeness (QED) is 0.312. The maximum Gasteiger partial charge on any atom is 0.397 e. The van der Waals surface area contributed by atoms with Crippen molar-refractivity contribution in [1.29, 1.82) is 0 Å². The number of benzene rings is 1. The Bertz CT molecular complexity index is 1160. The summed E-state index contributed by atoms with van der Waals surface area (Å²) in [4.78, 5) is 22.6. The van der Waals surface area contributed by atoms with Crippen LogP contribution >= 0.6 is 0 Å². The number of hydrogen-bond acceptors (Lipinski definition) is 6. The molecule has 3 rings (SSSR count). The van der Waals surface area contributed by atoms with Crippen LogP contribution in [0.15, 0.2) is 42.7 Å². The number of nitrogens with zero attached hydrogens (tertiary/aromatic N) is 4. The van der Waals surface area contributed by atoms with E-state index in [1.54, 1.807) is 24.4 Å². The van der Waals surface area contributed by atoms with Crippen LogP contribution in [0.2, 0.25) is 0 Å². The Balaban J connectivity index is 2.01. The van der Waals surface area contributed by atoms with Gasteiger partial charge in [-0.1, -0.05) is 34.6 Å².